The third-order valence-corrected chi connectivity index (χ3v) is 3.48. The number of rotatable bonds is 1. The standard InChI is InChI=1S/C8H9BrN2OS/c1-5-2-8(13-10-5)11-4-6(9)3-7(11)12/h2,6H,3-4H2,1H3. The Bertz CT molecular complexity index is 339. The first kappa shape index (κ1) is 9.15. The molecule has 0 spiro atoms. The fourth-order valence-corrected chi connectivity index (χ4v) is 2.71. The van der Waals surface area contributed by atoms with Crippen molar-refractivity contribution in [2.75, 3.05) is 11.4 Å². The third-order valence-electron chi connectivity index (χ3n) is 1.96. The Balaban J connectivity index is 2.22. The van der Waals surface area contributed by atoms with E-state index in [1.165, 1.54) is 11.5 Å². The first-order chi connectivity index (χ1) is 6.16. The molecule has 1 amide bonds. The van der Waals surface area contributed by atoms with E-state index in [1.807, 2.05) is 13.0 Å². The lowest BCUT2D eigenvalue weighted by Crippen LogP contribution is -2.23. The van der Waals surface area contributed by atoms with Gasteiger partial charge in [-0.05, 0) is 24.5 Å². The van der Waals surface area contributed by atoms with Crippen molar-refractivity contribution in [2.45, 2.75) is 18.2 Å². The molecule has 2 heterocycles. The van der Waals surface area contributed by atoms with Gasteiger partial charge in [0.1, 0.15) is 5.00 Å². The Hall–Kier alpha value is -0.420. The lowest BCUT2D eigenvalue weighted by atomic mass is 10.4. The van der Waals surface area contributed by atoms with Crippen LogP contribution in [0.2, 0.25) is 0 Å². The molecule has 5 heteroatoms. The number of halogens is 1. The number of alkyl halides is 1. The summed E-state index contributed by atoms with van der Waals surface area (Å²) in [5, 5.41) is 0.962. The number of hydrogen-bond acceptors (Lipinski definition) is 3. The van der Waals surface area contributed by atoms with Crippen molar-refractivity contribution in [3.63, 3.8) is 0 Å². The summed E-state index contributed by atoms with van der Waals surface area (Å²) in [4.78, 5) is 13.6. The molecule has 1 unspecified atom stereocenters. The highest BCUT2D eigenvalue weighted by molar-refractivity contribution is 9.09. The largest absolute Gasteiger partial charge is 0.301 e. The maximum absolute atomic E-state index is 11.5. The Morgan fingerprint density at radius 3 is 3.00 bits per heavy atom. The van der Waals surface area contributed by atoms with Crippen LogP contribution >= 0.6 is 27.5 Å². The summed E-state index contributed by atoms with van der Waals surface area (Å²) in [6.45, 7) is 2.70. The van der Waals surface area contributed by atoms with Gasteiger partial charge in [-0.3, -0.25) is 4.79 Å². The lowest BCUT2D eigenvalue weighted by Gasteiger charge is -2.11. The van der Waals surface area contributed by atoms with Crippen molar-refractivity contribution in [3.05, 3.63) is 11.8 Å². The number of carbonyl (C=O) groups excluding carboxylic acids is 1. The van der Waals surface area contributed by atoms with Crippen LogP contribution in [0.5, 0.6) is 0 Å². The Kier molecular flexibility index (Phi) is 2.38. The van der Waals surface area contributed by atoms with E-state index >= 15 is 0 Å². The van der Waals surface area contributed by atoms with Gasteiger partial charge in [-0.1, -0.05) is 15.9 Å². The zero-order valence-corrected chi connectivity index (χ0v) is 9.56. The second-order valence-corrected chi connectivity index (χ2v) is 5.19. The van der Waals surface area contributed by atoms with Gasteiger partial charge in [0.2, 0.25) is 5.91 Å². The number of amides is 1. The molecule has 13 heavy (non-hydrogen) atoms. The number of nitrogens with zero attached hydrogens (tertiary/aromatic N) is 2. The molecule has 1 aliphatic rings. The van der Waals surface area contributed by atoms with Crippen LogP contribution in [0.1, 0.15) is 12.1 Å². The molecule has 0 bridgehead atoms. The van der Waals surface area contributed by atoms with E-state index in [2.05, 4.69) is 20.3 Å². The minimum Gasteiger partial charge on any atom is -0.301 e. The molecular formula is C8H9BrN2OS. The van der Waals surface area contributed by atoms with Gasteiger partial charge in [0, 0.05) is 17.8 Å². The zero-order chi connectivity index (χ0) is 9.42. The zero-order valence-electron chi connectivity index (χ0n) is 7.16. The summed E-state index contributed by atoms with van der Waals surface area (Å²) < 4.78 is 4.15. The average molecular weight is 261 g/mol. The van der Waals surface area contributed by atoms with E-state index in [4.69, 9.17) is 0 Å². The first-order valence-electron chi connectivity index (χ1n) is 4.04. The summed E-state index contributed by atoms with van der Waals surface area (Å²) in [7, 11) is 0. The fraction of sp³-hybridized carbons (Fsp3) is 0.500. The Morgan fingerprint density at radius 1 is 1.77 bits per heavy atom. The van der Waals surface area contributed by atoms with Crippen LogP contribution in [0, 0.1) is 6.92 Å². The van der Waals surface area contributed by atoms with E-state index in [9.17, 15) is 4.79 Å². The molecule has 0 aromatic carbocycles. The molecule has 1 atom stereocenters. The van der Waals surface area contributed by atoms with Gasteiger partial charge in [-0.15, -0.1) is 0 Å². The number of carbonyl (C=O) groups is 1. The van der Waals surface area contributed by atoms with Gasteiger partial charge < -0.3 is 4.90 Å². The molecule has 3 nitrogen and oxygen atoms in total. The molecule has 0 radical (unpaired) electrons. The van der Waals surface area contributed by atoms with Gasteiger partial charge in [0.25, 0.3) is 0 Å². The van der Waals surface area contributed by atoms with Gasteiger partial charge in [-0.2, -0.15) is 4.37 Å². The average Bonchev–Trinajstić information content (AvgIpc) is 2.58. The summed E-state index contributed by atoms with van der Waals surface area (Å²) in [5.74, 6) is 0.186. The summed E-state index contributed by atoms with van der Waals surface area (Å²) in [6, 6.07) is 1.95. The molecular weight excluding hydrogens is 252 g/mol. The first-order valence-corrected chi connectivity index (χ1v) is 5.73. The summed E-state index contributed by atoms with van der Waals surface area (Å²) >= 11 is 4.83. The van der Waals surface area contributed by atoms with Crippen LogP contribution in [0.3, 0.4) is 0 Å². The monoisotopic (exact) mass is 260 g/mol. The molecule has 1 fully saturated rings. The van der Waals surface area contributed by atoms with E-state index in [1.54, 1.807) is 4.90 Å². The van der Waals surface area contributed by atoms with Crippen LogP contribution in [0.15, 0.2) is 6.07 Å². The van der Waals surface area contributed by atoms with Gasteiger partial charge >= 0.3 is 0 Å². The predicted molar refractivity (Wildman–Crippen MR) is 56.5 cm³/mol. The van der Waals surface area contributed by atoms with E-state index in [0.717, 1.165) is 17.2 Å². The van der Waals surface area contributed by atoms with Gasteiger partial charge in [0.05, 0.1) is 5.69 Å². The minimum atomic E-state index is 0.186. The van der Waals surface area contributed by atoms with Crippen LogP contribution in [-0.2, 0) is 4.79 Å². The number of hydrogen-bond donors (Lipinski definition) is 0. The van der Waals surface area contributed by atoms with Crippen LogP contribution in [0.25, 0.3) is 0 Å². The quantitative estimate of drug-likeness (QED) is 0.724. The van der Waals surface area contributed by atoms with Crippen molar-refractivity contribution < 1.29 is 4.79 Å². The normalized spacial score (nSPS) is 22.8. The van der Waals surface area contributed by atoms with E-state index in [0.29, 0.717) is 11.2 Å². The highest BCUT2D eigenvalue weighted by Crippen LogP contribution is 2.28. The molecule has 1 aliphatic heterocycles. The van der Waals surface area contributed by atoms with Crippen molar-refractivity contribution >= 4 is 38.4 Å². The van der Waals surface area contributed by atoms with E-state index < -0.39 is 0 Å². The Morgan fingerprint density at radius 2 is 2.54 bits per heavy atom. The van der Waals surface area contributed by atoms with Crippen molar-refractivity contribution in [1.29, 1.82) is 0 Å². The maximum atomic E-state index is 11.5. The molecule has 70 valence electrons. The summed E-state index contributed by atoms with van der Waals surface area (Å²) in [5.41, 5.74) is 0.978. The highest BCUT2D eigenvalue weighted by Gasteiger charge is 2.29. The number of aryl methyl sites for hydroxylation is 1. The summed E-state index contributed by atoms with van der Waals surface area (Å²) in [6.07, 6.45) is 0.594. The van der Waals surface area contributed by atoms with Crippen molar-refractivity contribution in [1.82, 2.24) is 4.37 Å². The van der Waals surface area contributed by atoms with E-state index in [-0.39, 0.29) is 5.91 Å². The van der Waals surface area contributed by atoms with Crippen molar-refractivity contribution in [2.24, 2.45) is 0 Å². The molecule has 0 saturated carbocycles. The second kappa shape index (κ2) is 3.38. The molecule has 0 N–H and O–H groups in total. The lowest BCUT2D eigenvalue weighted by molar-refractivity contribution is -0.116. The van der Waals surface area contributed by atoms with Crippen LogP contribution < -0.4 is 4.90 Å². The molecule has 1 saturated heterocycles. The van der Waals surface area contributed by atoms with Crippen molar-refractivity contribution in [3.8, 4) is 0 Å². The predicted octanol–water partition coefficient (Wildman–Crippen LogP) is 1.95. The SMILES string of the molecule is Cc1cc(N2CC(Br)CC2=O)sn1. The topological polar surface area (TPSA) is 33.2 Å². The third kappa shape index (κ3) is 1.76. The van der Waals surface area contributed by atoms with Crippen LogP contribution in [0.4, 0.5) is 5.00 Å². The molecule has 1 aromatic heterocycles. The Labute approximate surface area is 89.0 Å². The smallest absolute Gasteiger partial charge is 0.228 e. The minimum absolute atomic E-state index is 0.186. The second-order valence-electron chi connectivity index (χ2n) is 3.11. The number of aromatic nitrogens is 1. The molecule has 1 aromatic rings. The fourth-order valence-electron chi connectivity index (χ4n) is 1.35. The highest BCUT2D eigenvalue weighted by atomic mass is 79.9. The van der Waals surface area contributed by atoms with Gasteiger partial charge in [-0.25, -0.2) is 0 Å². The maximum Gasteiger partial charge on any atom is 0.228 e. The number of anilines is 1. The molecule has 0 aliphatic carbocycles. The van der Waals surface area contributed by atoms with Crippen LogP contribution in [-0.4, -0.2) is 21.7 Å². The molecule has 2 rings (SSSR count). The van der Waals surface area contributed by atoms with Gasteiger partial charge in [0.15, 0.2) is 0 Å².